The number of aliphatic hydroxyl groups is 1. The fraction of sp³-hybridized carbons (Fsp3) is 0.708. The van der Waals surface area contributed by atoms with Gasteiger partial charge in [-0.2, -0.15) is 0 Å². The van der Waals surface area contributed by atoms with Gasteiger partial charge in [0.2, 0.25) is 5.91 Å². The molecule has 1 aromatic carbocycles. The largest absolute Gasteiger partial charge is 0.508 e. The maximum absolute atomic E-state index is 12.6. The quantitative estimate of drug-likeness (QED) is 0.551. The highest BCUT2D eigenvalue weighted by Gasteiger charge is 2.33. The molecule has 1 amide bonds. The fourth-order valence-electron chi connectivity index (χ4n) is 4.28. The topological polar surface area (TPSA) is 60.8 Å². The Kier molecular flexibility index (Phi) is 8.36. The van der Waals surface area contributed by atoms with Gasteiger partial charge in [0.05, 0.1) is 12.1 Å². The zero-order valence-corrected chi connectivity index (χ0v) is 18.2. The Labute approximate surface area is 171 Å². The second-order valence-corrected chi connectivity index (χ2v) is 9.00. The number of phenolic OH excluding ortho intramolecular Hbond substituents is 1. The van der Waals surface area contributed by atoms with E-state index in [1.54, 1.807) is 0 Å². The van der Waals surface area contributed by atoms with E-state index >= 15 is 0 Å². The van der Waals surface area contributed by atoms with Crippen molar-refractivity contribution in [2.75, 3.05) is 6.54 Å². The minimum absolute atomic E-state index is 0.00749. The molecule has 1 aromatic rings. The van der Waals surface area contributed by atoms with E-state index in [1.165, 1.54) is 25.7 Å². The van der Waals surface area contributed by atoms with Gasteiger partial charge in [-0.3, -0.25) is 4.79 Å². The van der Waals surface area contributed by atoms with Gasteiger partial charge in [-0.05, 0) is 42.7 Å². The van der Waals surface area contributed by atoms with Crippen LogP contribution in [0.2, 0.25) is 0 Å². The number of carbonyl (C=O) groups is 1. The van der Waals surface area contributed by atoms with Crippen molar-refractivity contribution in [3.05, 3.63) is 29.3 Å². The van der Waals surface area contributed by atoms with Crippen LogP contribution in [0, 0.1) is 0 Å². The summed E-state index contributed by atoms with van der Waals surface area (Å²) in [5, 5.41) is 21.0. The number of piperidine rings is 1. The summed E-state index contributed by atoms with van der Waals surface area (Å²) in [6.45, 7) is 9.23. The number of unbranched alkanes of at least 4 members (excludes halogenated alkanes) is 3. The lowest BCUT2D eigenvalue weighted by Crippen LogP contribution is -2.42. The van der Waals surface area contributed by atoms with Crippen LogP contribution >= 0.6 is 0 Å². The van der Waals surface area contributed by atoms with Crippen molar-refractivity contribution < 1.29 is 15.0 Å². The van der Waals surface area contributed by atoms with Crippen molar-refractivity contribution in [3.8, 4) is 5.75 Å². The van der Waals surface area contributed by atoms with Crippen molar-refractivity contribution in [1.29, 1.82) is 0 Å². The number of aromatic hydroxyl groups is 1. The SMILES string of the molecule is CCCCCCC(C)(C)c1ccc([C@H]2C[C@@H](O)CCN2C(=O)CCC)c(O)c1. The molecule has 1 aliphatic heterocycles. The molecule has 2 rings (SSSR count). The summed E-state index contributed by atoms with van der Waals surface area (Å²) in [7, 11) is 0. The zero-order chi connectivity index (χ0) is 20.7. The maximum atomic E-state index is 12.6. The number of phenols is 1. The minimum atomic E-state index is -0.426. The van der Waals surface area contributed by atoms with Gasteiger partial charge in [0.15, 0.2) is 0 Å². The van der Waals surface area contributed by atoms with E-state index in [-0.39, 0.29) is 23.1 Å². The minimum Gasteiger partial charge on any atom is -0.508 e. The normalized spacial score (nSPS) is 20.4. The van der Waals surface area contributed by atoms with Crippen molar-refractivity contribution in [3.63, 3.8) is 0 Å². The number of aliphatic hydroxyl groups excluding tert-OH is 1. The van der Waals surface area contributed by atoms with Crippen LogP contribution in [0.4, 0.5) is 0 Å². The van der Waals surface area contributed by atoms with Gasteiger partial charge < -0.3 is 15.1 Å². The van der Waals surface area contributed by atoms with E-state index in [0.717, 1.165) is 24.0 Å². The number of benzene rings is 1. The zero-order valence-electron chi connectivity index (χ0n) is 18.2. The van der Waals surface area contributed by atoms with E-state index in [0.29, 0.717) is 25.8 Å². The molecule has 2 atom stereocenters. The number of rotatable bonds is 9. The molecule has 1 saturated heterocycles. The molecule has 0 unspecified atom stereocenters. The summed E-state index contributed by atoms with van der Waals surface area (Å²) >= 11 is 0. The standard InChI is InChI=1S/C24H39NO3/c1-5-7-8-9-14-24(3,4)18-11-12-20(22(27)16-18)21-17-19(26)13-15-25(21)23(28)10-6-2/h11-12,16,19,21,26-27H,5-10,13-15,17H2,1-4H3/t19-,21+/m0/s1. The highest BCUT2D eigenvalue weighted by atomic mass is 16.3. The van der Waals surface area contributed by atoms with E-state index in [1.807, 2.05) is 24.0 Å². The van der Waals surface area contributed by atoms with Gasteiger partial charge in [-0.1, -0.05) is 65.5 Å². The van der Waals surface area contributed by atoms with Crippen molar-refractivity contribution in [1.82, 2.24) is 4.90 Å². The molecule has 0 radical (unpaired) electrons. The third-order valence-electron chi connectivity index (χ3n) is 6.19. The summed E-state index contributed by atoms with van der Waals surface area (Å²) in [4.78, 5) is 14.4. The lowest BCUT2D eigenvalue weighted by molar-refractivity contribution is -0.136. The summed E-state index contributed by atoms with van der Waals surface area (Å²) < 4.78 is 0. The maximum Gasteiger partial charge on any atom is 0.223 e. The van der Waals surface area contributed by atoms with Crippen LogP contribution in [0.5, 0.6) is 5.75 Å². The van der Waals surface area contributed by atoms with Gasteiger partial charge in [-0.15, -0.1) is 0 Å². The van der Waals surface area contributed by atoms with E-state index in [9.17, 15) is 15.0 Å². The molecular weight excluding hydrogens is 350 g/mol. The van der Waals surface area contributed by atoms with Gasteiger partial charge >= 0.3 is 0 Å². The highest BCUT2D eigenvalue weighted by Crippen LogP contribution is 2.39. The molecule has 4 heteroatoms. The van der Waals surface area contributed by atoms with Crippen LogP contribution in [0.3, 0.4) is 0 Å². The smallest absolute Gasteiger partial charge is 0.223 e. The summed E-state index contributed by atoms with van der Waals surface area (Å²) in [6, 6.07) is 5.69. The van der Waals surface area contributed by atoms with Crippen LogP contribution in [-0.2, 0) is 10.2 Å². The third-order valence-corrected chi connectivity index (χ3v) is 6.19. The summed E-state index contributed by atoms with van der Waals surface area (Å²) in [5.41, 5.74) is 1.90. The predicted octanol–water partition coefficient (Wildman–Crippen LogP) is 5.46. The van der Waals surface area contributed by atoms with Crippen LogP contribution in [0.25, 0.3) is 0 Å². The Bertz CT molecular complexity index is 641. The average Bonchev–Trinajstić information content (AvgIpc) is 2.65. The van der Waals surface area contributed by atoms with Crippen LogP contribution in [-0.4, -0.2) is 33.7 Å². The van der Waals surface area contributed by atoms with Gasteiger partial charge in [0.25, 0.3) is 0 Å². The first kappa shape index (κ1) is 22.7. The van der Waals surface area contributed by atoms with E-state index in [2.05, 4.69) is 26.8 Å². The van der Waals surface area contributed by atoms with E-state index < -0.39 is 6.10 Å². The van der Waals surface area contributed by atoms with Gasteiger partial charge in [0, 0.05) is 18.5 Å². The van der Waals surface area contributed by atoms with Gasteiger partial charge in [0.1, 0.15) is 5.75 Å². The monoisotopic (exact) mass is 389 g/mol. The first-order chi connectivity index (χ1) is 13.3. The number of nitrogens with zero attached hydrogens (tertiary/aromatic N) is 1. The van der Waals surface area contributed by atoms with E-state index in [4.69, 9.17) is 0 Å². The van der Waals surface area contributed by atoms with Crippen LogP contribution < -0.4 is 0 Å². The van der Waals surface area contributed by atoms with Gasteiger partial charge in [-0.25, -0.2) is 0 Å². The highest BCUT2D eigenvalue weighted by molar-refractivity contribution is 5.77. The van der Waals surface area contributed by atoms with Crippen LogP contribution in [0.1, 0.15) is 103 Å². The molecule has 0 aromatic heterocycles. The Hall–Kier alpha value is -1.55. The molecule has 0 spiro atoms. The molecule has 158 valence electrons. The Morgan fingerprint density at radius 1 is 1.18 bits per heavy atom. The average molecular weight is 390 g/mol. The van der Waals surface area contributed by atoms with Crippen molar-refractivity contribution in [2.45, 2.75) is 103 Å². The lowest BCUT2D eigenvalue weighted by atomic mass is 9.79. The second-order valence-electron chi connectivity index (χ2n) is 9.00. The van der Waals surface area contributed by atoms with Crippen LogP contribution in [0.15, 0.2) is 18.2 Å². The predicted molar refractivity (Wildman–Crippen MR) is 114 cm³/mol. The number of carbonyl (C=O) groups excluding carboxylic acids is 1. The third kappa shape index (κ3) is 5.73. The molecule has 0 saturated carbocycles. The Morgan fingerprint density at radius 2 is 1.93 bits per heavy atom. The molecule has 1 heterocycles. The first-order valence-electron chi connectivity index (χ1n) is 11.1. The molecule has 1 fully saturated rings. The number of hydrogen-bond donors (Lipinski definition) is 2. The lowest BCUT2D eigenvalue weighted by Gasteiger charge is -2.39. The molecule has 0 aliphatic carbocycles. The Balaban J connectivity index is 2.20. The molecule has 0 bridgehead atoms. The second kappa shape index (κ2) is 10.3. The Morgan fingerprint density at radius 3 is 2.57 bits per heavy atom. The number of hydrogen-bond acceptors (Lipinski definition) is 3. The van der Waals surface area contributed by atoms with Crippen molar-refractivity contribution in [2.24, 2.45) is 0 Å². The molecule has 4 nitrogen and oxygen atoms in total. The first-order valence-corrected chi connectivity index (χ1v) is 11.1. The number of likely N-dealkylation sites (tertiary alicyclic amines) is 1. The van der Waals surface area contributed by atoms with Crippen molar-refractivity contribution >= 4 is 5.91 Å². The molecule has 28 heavy (non-hydrogen) atoms. The fourth-order valence-corrected chi connectivity index (χ4v) is 4.28. The summed E-state index contributed by atoms with van der Waals surface area (Å²) in [6.07, 6.45) is 8.02. The molecular formula is C24H39NO3. The summed E-state index contributed by atoms with van der Waals surface area (Å²) in [5.74, 6) is 0.353. The number of amides is 1. The molecule has 1 aliphatic rings. The molecule has 2 N–H and O–H groups in total.